The highest BCUT2D eigenvalue weighted by Crippen LogP contribution is 2.46. The number of aryl methyl sites for hydroxylation is 1. The van der Waals surface area contributed by atoms with Crippen molar-refractivity contribution in [2.24, 2.45) is 0 Å². The first kappa shape index (κ1) is 14.8. The summed E-state index contributed by atoms with van der Waals surface area (Å²) in [6, 6.07) is 7.87. The molecule has 1 heterocycles. The zero-order valence-electron chi connectivity index (χ0n) is 11.7. The number of carbonyl (C=O) groups is 1. The van der Waals surface area contributed by atoms with Crippen LogP contribution in [0.4, 0.5) is 13.2 Å². The molecule has 0 aliphatic rings. The predicted molar refractivity (Wildman–Crippen MR) is 80.4 cm³/mol. The van der Waals surface area contributed by atoms with Gasteiger partial charge in [0.2, 0.25) is 0 Å². The van der Waals surface area contributed by atoms with E-state index in [1.54, 1.807) is 31.2 Å². The molecule has 1 aromatic heterocycles. The Labute approximate surface area is 128 Å². The number of carbonyl (C=O) groups excluding carboxylic acids is 1. The van der Waals surface area contributed by atoms with E-state index in [1.807, 2.05) is 0 Å². The molecule has 3 rings (SSSR count). The van der Waals surface area contributed by atoms with Crippen molar-refractivity contribution in [2.45, 2.75) is 20.0 Å². The quantitative estimate of drug-likeness (QED) is 0.448. The Kier molecular flexibility index (Phi) is 3.36. The largest absolute Gasteiger partial charge is 0.426 e. The molecule has 2 nitrogen and oxygen atoms in total. The lowest BCUT2D eigenvalue weighted by molar-refractivity contribution is -0.137. The number of alkyl halides is 3. The van der Waals surface area contributed by atoms with Crippen LogP contribution in [-0.4, -0.2) is 5.97 Å². The Morgan fingerprint density at radius 1 is 1.23 bits per heavy atom. The Hall–Kier alpha value is -2.08. The van der Waals surface area contributed by atoms with Gasteiger partial charge in [0.25, 0.3) is 0 Å². The zero-order chi connectivity index (χ0) is 16.1. The van der Waals surface area contributed by atoms with Gasteiger partial charge >= 0.3 is 12.1 Å². The van der Waals surface area contributed by atoms with Crippen LogP contribution in [0.3, 0.4) is 0 Å². The van der Waals surface area contributed by atoms with E-state index in [4.69, 9.17) is 4.74 Å². The number of ether oxygens (including phenoxy) is 1. The Bertz CT molecular complexity index is 894. The third-order valence-corrected chi connectivity index (χ3v) is 4.70. The van der Waals surface area contributed by atoms with Crippen LogP contribution in [-0.2, 0) is 11.0 Å². The summed E-state index contributed by atoms with van der Waals surface area (Å²) in [7, 11) is 0. The van der Waals surface area contributed by atoms with Crippen molar-refractivity contribution in [1.82, 2.24) is 0 Å². The molecule has 0 atom stereocenters. The Morgan fingerprint density at radius 2 is 1.91 bits per heavy atom. The molecule has 3 aromatic rings. The molecule has 0 fully saturated rings. The number of benzene rings is 2. The molecule has 22 heavy (non-hydrogen) atoms. The Morgan fingerprint density at radius 3 is 2.55 bits per heavy atom. The van der Waals surface area contributed by atoms with Crippen LogP contribution in [0.25, 0.3) is 20.2 Å². The molecule has 0 N–H and O–H groups in total. The fourth-order valence-corrected chi connectivity index (χ4v) is 3.71. The normalized spacial score (nSPS) is 12.0. The number of esters is 1. The van der Waals surface area contributed by atoms with Gasteiger partial charge in [-0.05, 0) is 19.1 Å². The maximum Gasteiger partial charge on any atom is 0.417 e. The third-order valence-electron chi connectivity index (χ3n) is 3.41. The molecule has 0 amide bonds. The number of fused-ring (bicyclic) bond motifs is 3. The van der Waals surface area contributed by atoms with Gasteiger partial charge in [-0.15, -0.1) is 11.3 Å². The van der Waals surface area contributed by atoms with Crippen LogP contribution in [0.1, 0.15) is 18.1 Å². The van der Waals surface area contributed by atoms with Crippen LogP contribution in [0.15, 0.2) is 30.3 Å². The van der Waals surface area contributed by atoms with Gasteiger partial charge in [0.1, 0.15) is 5.75 Å². The van der Waals surface area contributed by atoms with Crippen LogP contribution >= 0.6 is 11.3 Å². The Balaban J connectivity index is 2.47. The van der Waals surface area contributed by atoms with Crippen molar-refractivity contribution in [2.75, 3.05) is 0 Å². The van der Waals surface area contributed by atoms with E-state index >= 15 is 0 Å². The van der Waals surface area contributed by atoms with E-state index in [0.29, 0.717) is 15.6 Å². The standard InChI is InChI=1S/C16H11F3O2S/c1-8-12(21-9(2)20)7-11(16(17,18)19)14-10-5-3-4-6-13(10)22-15(8)14/h3-7H,1-2H3. The molecular formula is C16H11F3O2S. The summed E-state index contributed by atoms with van der Waals surface area (Å²) in [5.41, 5.74) is -0.235. The maximum absolute atomic E-state index is 13.4. The van der Waals surface area contributed by atoms with Crippen LogP contribution < -0.4 is 4.74 Å². The summed E-state index contributed by atoms with van der Waals surface area (Å²) < 4.78 is 46.5. The van der Waals surface area contributed by atoms with Crippen molar-refractivity contribution in [3.8, 4) is 5.75 Å². The van der Waals surface area contributed by atoms with Gasteiger partial charge in [-0.1, -0.05) is 18.2 Å². The number of rotatable bonds is 1. The topological polar surface area (TPSA) is 26.3 Å². The lowest BCUT2D eigenvalue weighted by Gasteiger charge is -2.13. The summed E-state index contributed by atoms with van der Waals surface area (Å²) >= 11 is 1.27. The van der Waals surface area contributed by atoms with Crippen molar-refractivity contribution in [3.63, 3.8) is 0 Å². The fourth-order valence-electron chi connectivity index (χ4n) is 2.48. The molecular weight excluding hydrogens is 313 g/mol. The van der Waals surface area contributed by atoms with E-state index in [2.05, 4.69) is 0 Å². The average molecular weight is 324 g/mol. The van der Waals surface area contributed by atoms with E-state index in [0.717, 1.165) is 10.8 Å². The van der Waals surface area contributed by atoms with Gasteiger partial charge in [0.05, 0.1) is 5.56 Å². The molecule has 6 heteroatoms. The minimum atomic E-state index is -4.52. The fraction of sp³-hybridized carbons (Fsp3) is 0.188. The highest BCUT2D eigenvalue weighted by molar-refractivity contribution is 7.26. The highest BCUT2D eigenvalue weighted by atomic mass is 32.1. The first-order chi connectivity index (χ1) is 10.3. The first-order valence-corrected chi connectivity index (χ1v) is 7.31. The van der Waals surface area contributed by atoms with Gasteiger partial charge in [-0.25, -0.2) is 0 Å². The molecule has 0 aliphatic carbocycles. The molecule has 0 unspecified atom stereocenters. The summed E-state index contributed by atoms with van der Waals surface area (Å²) in [5, 5.41) is 0.730. The number of hydrogen-bond donors (Lipinski definition) is 0. The second-order valence-electron chi connectivity index (χ2n) is 4.94. The molecule has 0 saturated carbocycles. The zero-order valence-corrected chi connectivity index (χ0v) is 12.6. The molecule has 0 spiro atoms. The second-order valence-corrected chi connectivity index (χ2v) is 5.99. The monoisotopic (exact) mass is 324 g/mol. The molecule has 0 saturated heterocycles. The minimum Gasteiger partial charge on any atom is -0.426 e. The minimum absolute atomic E-state index is 0.0427. The summed E-state index contributed by atoms with van der Waals surface area (Å²) in [4.78, 5) is 11.1. The lowest BCUT2D eigenvalue weighted by Crippen LogP contribution is -2.09. The second kappa shape index (κ2) is 4.98. The molecule has 0 aliphatic heterocycles. The van der Waals surface area contributed by atoms with E-state index in [1.165, 1.54) is 18.3 Å². The molecule has 114 valence electrons. The highest BCUT2D eigenvalue weighted by Gasteiger charge is 2.35. The molecule has 0 radical (unpaired) electrons. The van der Waals surface area contributed by atoms with Crippen molar-refractivity contribution < 1.29 is 22.7 Å². The smallest absolute Gasteiger partial charge is 0.417 e. The van der Waals surface area contributed by atoms with Gasteiger partial charge in [0, 0.05) is 32.7 Å². The number of halogens is 3. The van der Waals surface area contributed by atoms with Crippen molar-refractivity contribution in [1.29, 1.82) is 0 Å². The number of hydrogen-bond acceptors (Lipinski definition) is 3. The molecule has 0 bridgehead atoms. The van der Waals surface area contributed by atoms with Crippen LogP contribution in [0.2, 0.25) is 0 Å². The SMILES string of the molecule is CC(=O)Oc1cc(C(F)(F)F)c2c(sc3ccccc32)c1C. The first-order valence-electron chi connectivity index (χ1n) is 6.49. The van der Waals surface area contributed by atoms with E-state index < -0.39 is 17.7 Å². The van der Waals surface area contributed by atoms with E-state index in [9.17, 15) is 18.0 Å². The van der Waals surface area contributed by atoms with Crippen molar-refractivity contribution in [3.05, 3.63) is 41.5 Å². The maximum atomic E-state index is 13.4. The van der Waals surface area contributed by atoms with Crippen molar-refractivity contribution >= 4 is 37.5 Å². The predicted octanol–water partition coefficient (Wildman–Crippen LogP) is 5.31. The lowest BCUT2D eigenvalue weighted by atomic mass is 10.0. The van der Waals surface area contributed by atoms with Gasteiger partial charge < -0.3 is 4.74 Å². The van der Waals surface area contributed by atoms with Crippen LogP contribution in [0.5, 0.6) is 5.75 Å². The summed E-state index contributed by atoms with van der Waals surface area (Å²) in [5.74, 6) is -0.685. The van der Waals surface area contributed by atoms with Gasteiger partial charge in [-0.2, -0.15) is 13.2 Å². The summed E-state index contributed by atoms with van der Waals surface area (Å²) in [6.07, 6.45) is -4.52. The van der Waals surface area contributed by atoms with E-state index in [-0.39, 0.29) is 11.1 Å². The molecule has 2 aromatic carbocycles. The third kappa shape index (κ3) is 2.33. The van der Waals surface area contributed by atoms with Gasteiger partial charge in [-0.3, -0.25) is 4.79 Å². The average Bonchev–Trinajstić information content (AvgIpc) is 2.80. The number of thiophene rings is 1. The van der Waals surface area contributed by atoms with Gasteiger partial charge in [0.15, 0.2) is 0 Å². The van der Waals surface area contributed by atoms with Crippen LogP contribution in [0, 0.1) is 6.92 Å². The summed E-state index contributed by atoms with van der Waals surface area (Å²) in [6.45, 7) is 2.83.